The van der Waals surface area contributed by atoms with E-state index in [1.54, 1.807) is 14.2 Å². The number of aromatic nitrogens is 1. The third-order valence-electron chi connectivity index (χ3n) is 4.30. The Bertz CT molecular complexity index is 428. The Labute approximate surface area is 134 Å². The van der Waals surface area contributed by atoms with E-state index < -0.39 is 0 Å². The highest BCUT2D eigenvalue weighted by Gasteiger charge is 2.30. The molecule has 0 bridgehead atoms. The molecule has 0 N–H and O–H groups in total. The SMILES string of the molecule is COCC(C)CC(C)Cc1ccc(OC2CC(OC)C2)cn1. The fourth-order valence-corrected chi connectivity index (χ4v) is 3.08. The molecule has 0 radical (unpaired) electrons. The van der Waals surface area contributed by atoms with E-state index in [-0.39, 0.29) is 6.10 Å². The summed E-state index contributed by atoms with van der Waals surface area (Å²) in [5.41, 5.74) is 1.13. The number of rotatable bonds is 9. The average molecular weight is 307 g/mol. The summed E-state index contributed by atoms with van der Waals surface area (Å²) in [4.78, 5) is 4.54. The molecule has 1 heterocycles. The van der Waals surface area contributed by atoms with Crippen LogP contribution in [0.1, 0.15) is 38.8 Å². The molecule has 0 amide bonds. The second-order valence-electron chi connectivity index (χ2n) is 6.66. The number of nitrogens with zero attached hydrogens (tertiary/aromatic N) is 1. The summed E-state index contributed by atoms with van der Waals surface area (Å²) in [7, 11) is 3.52. The zero-order valence-corrected chi connectivity index (χ0v) is 14.2. The van der Waals surface area contributed by atoms with Crippen molar-refractivity contribution < 1.29 is 14.2 Å². The van der Waals surface area contributed by atoms with Crippen molar-refractivity contribution in [1.29, 1.82) is 0 Å². The maximum atomic E-state index is 5.88. The fraction of sp³-hybridized carbons (Fsp3) is 0.722. The van der Waals surface area contributed by atoms with Crippen LogP contribution in [0.4, 0.5) is 0 Å². The van der Waals surface area contributed by atoms with E-state index >= 15 is 0 Å². The number of hydrogen-bond acceptors (Lipinski definition) is 4. The minimum absolute atomic E-state index is 0.284. The van der Waals surface area contributed by atoms with Crippen molar-refractivity contribution in [3.63, 3.8) is 0 Å². The van der Waals surface area contributed by atoms with Crippen molar-refractivity contribution in [2.24, 2.45) is 11.8 Å². The molecule has 1 fully saturated rings. The molecule has 0 aromatic carbocycles. The summed E-state index contributed by atoms with van der Waals surface area (Å²) in [5.74, 6) is 2.07. The molecule has 1 aromatic rings. The van der Waals surface area contributed by atoms with E-state index in [2.05, 4.69) is 24.9 Å². The van der Waals surface area contributed by atoms with Gasteiger partial charge in [-0.25, -0.2) is 0 Å². The highest BCUT2D eigenvalue weighted by Crippen LogP contribution is 2.27. The molecule has 0 saturated heterocycles. The van der Waals surface area contributed by atoms with Gasteiger partial charge in [0, 0.05) is 39.4 Å². The first-order valence-electron chi connectivity index (χ1n) is 8.24. The molecule has 124 valence electrons. The van der Waals surface area contributed by atoms with Crippen molar-refractivity contribution in [3.8, 4) is 5.75 Å². The first kappa shape index (κ1) is 17.2. The van der Waals surface area contributed by atoms with E-state index in [0.29, 0.717) is 17.9 Å². The van der Waals surface area contributed by atoms with Crippen LogP contribution in [0.25, 0.3) is 0 Å². The van der Waals surface area contributed by atoms with E-state index in [9.17, 15) is 0 Å². The lowest BCUT2D eigenvalue weighted by molar-refractivity contribution is -0.0382. The molecule has 2 atom stereocenters. The van der Waals surface area contributed by atoms with Crippen LogP contribution in [0.5, 0.6) is 5.75 Å². The van der Waals surface area contributed by atoms with E-state index in [0.717, 1.165) is 43.7 Å². The Hall–Kier alpha value is -1.13. The van der Waals surface area contributed by atoms with Gasteiger partial charge in [-0.05, 0) is 36.8 Å². The smallest absolute Gasteiger partial charge is 0.138 e. The summed E-state index contributed by atoms with van der Waals surface area (Å²) < 4.78 is 16.3. The topological polar surface area (TPSA) is 40.6 Å². The molecule has 2 unspecified atom stereocenters. The lowest BCUT2D eigenvalue weighted by Gasteiger charge is -2.34. The zero-order valence-electron chi connectivity index (χ0n) is 14.2. The van der Waals surface area contributed by atoms with Crippen LogP contribution in [-0.4, -0.2) is 38.0 Å². The normalized spacial score (nSPS) is 23.6. The summed E-state index contributed by atoms with van der Waals surface area (Å²) in [6.45, 7) is 5.34. The maximum Gasteiger partial charge on any atom is 0.138 e. The third-order valence-corrected chi connectivity index (χ3v) is 4.30. The average Bonchev–Trinajstić information content (AvgIpc) is 2.44. The van der Waals surface area contributed by atoms with Crippen LogP contribution in [0.15, 0.2) is 18.3 Å². The monoisotopic (exact) mass is 307 g/mol. The van der Waals surface area contributed by atoms with Gasteiger partial charge in [0.2, 0.25) is 0 Å². The second kappa shape index (κ2) is 8.49. The van der Waals surface area contributed by atoms with Crippen LogP contribution in [0, 0.1) is 11.8 Å². The van der Waals surface area contributed by atoms with Gasteiger partial charge in [-0.3, -0.25) is 4.98 Å². The largest absolute Gasteiger partial charge is 0.489 e. The van der Waals surface area contributed by atoms with Crippen molar-refractivity contribution >= 4 is 0 Å². The second-order valence-corrected chi connectivity index (χ2v) is 6.66. The van der Waals surface area contributed by atoms with Gasteiger partial charge in [-0.15, -0.1) is 0 Å². The number of pyridine rings is 1. The summed E-state index contributed by atoms with van der Waals surface area (Å²) >= 11 is 0. The lowest BCUT2D eigenvalue weighted by Crippen LogP contribution is -2.38. The fourth-order valence-electron chi connectivity index (χ4n) is 3.08. The Balaban J connectivity index is 1.74. The number of ether oxygens (including phenoxy) is 3. The Morgan fingerprint density at radius 1 is 1.14 bits per heavy atom. The number of methoxy groups -OCH3 is 2. The molecule has 4 nitrogen and oxygen atoms in total. The molecule has 22 heavy (non-hydrogen) atoms. The molecular weight excluding hydrogens is 278 g/mol. The molecule has 1 aliphatic rings. The van der Waals surface area contributed by atoms with Crippen molar-refractivity contribution in [2.45, 2.75) is 51.7 Å². The summed E-state index contributed by atoms with van der Waals surface area (Å²) in [5, 5.41) is 0. The van der Waals surface area contributed by atoms with E-state index in [1.165, 1.54) is 0 Å². The van der Waals surface area contributed by atoms with E-state index in [1.807, 2.05) is 12.3 Å². The quantitative estimate of drug-likeness (QED) is 0.700. The van der Waals surface area contributed by atoms with Gasteiger partial charge in [0.15, 0.2) is 0 Å². The maximum absolute atomic E-state index is 5.88. The predicted molar refractivity (Wildman–Crippen MR) is 87.2 cm³/mol. The zero-order chi connectivity index (χ0) is 15.9. The van der Waals surface area contributed by atoms with Gasteiger partial charge in [-0.1, -0.05) is 13.8 Å². The van der Waals surface area contributed by atoms with Crippen LogP contribution >= 0.6 is 0 Å². The summed E-state index contributed by atoms with van der Waals surface area (Å²) in [6, 6.07) is 4.12. The molecule has 0 spiro atoms. The molecule has 0 aliphatic heterocycles. The molecule has 2 rings (SSSR count). The van der Waals surface area contributed by atoms with Gasteiger partial charge < -0.3 is 14.2 Å². The first-order valence-corrected chi connectivity index (χ1v) is 8.24. The van der Waals surface area contributed by atoms with Gasteiger partial charge in [0.1, 0.15) is 11.9 Å². The molecule has 4 heteroatoms. The first-order chi connectivity index (χ1) is 10.6. The minimum atomic E-state index is 0.284. The van der Waals surface area contributed by atoms with Gasteiger partial charge >= 0.3 is 0 Å². The Morgan fingerprint density at radius 3 is 2.50 bits per heavy atom. The Morgan fingerprint density at radius 2 is 1.91 bits per heavy atom. The molecule has 1 aromatic heterocycles. The Kier molecular flexibility index (Phi) is 6.65. The van der Waals surface area contributed by atoms with Crippen LogP contribution < -0.4 is 4.74 Å². The standard InChI is InChI=1S/C18H29NO3/c1-13(7-14(2)12-20-3)8-15-5-6-16(11-19-15)22-18-9-17(10-18)21-4/h5-6,11,13-14,17-18H,7-10,12H2,1-4H3. The molecule has 1 aliphatic carbocycles. The third kappa shape index (κ3) is 5.25. The van der Waals surface area contributed by atoms with Crippen molar-refractivity contribution in [2.75, 3.05) is 20.8 Å². The van der Waals surface area contributed by atoms with Crippen LogP contribution in [0.3, 0.4) is 0 Å². The lowest BCUT2D eigenvalue weighted by atomic mass is 9.92. The molecular formula is C18H29NO3. The number of hydrogen-bond donors (Lipinski definition) is 0. The van der Waals surface area contributed by atoms with Gasteiger partial charge in [0.25, 0.3) is 0 Å². The highest BCUT2D eigenvalue weighted by molar-refractivity contribution is 5.20. The van der Waals surface area contributed by atoms with Crippen molar-refractivity contribution in [3.05, 3.63) is 24.0 Å². The van der Waals surface area contributed by atoms with Crippen LogP contribution in [0.2, 0.25) is 0 Å². The van der Waals surface area contributed by atoms with Gasteiger partial charge in [0.05, 0.1) is 12.3 Å². The predicted octanol–water partition coefficient (Wildman–Crippen LogP) is 3.49. The summed E-state index contributed by atoms with van der Waals surface area (Å²) in [6.07, 6.45) is 6.62. The van der Waals surface area contributed by atoms with Crippen LogP contribution in [-0.2, 0) is 15.9 Å². The van der Waals surface area contributed by atoms with E-state index in [4.69, 9.17) is 14.2 Å². The van der Waals surface area contributed by atoms with Gasteiger partial charge in [-0.2, -0.15) is 0 Å². The van der Waals surface area contributed by atoms with Crippen molar-refractivity contribution in [1.82, 2.24) is 4.98 Å². The molecule has 1 saturated carbocycles. The highest BCUT2D eigenvalue weighted by atomic mass is 16.5. The minimum Gasteiger partial charge on any atom is -0.489 e.